The molecule has 0 aromatic heterocycles. The van der Waals surface area contributed by atoms with Crippen LogP contribution in [0.3, 0.4) is 0 Å². The van der Waals surface area contributed by atoms with Gasteiger partial charge in [-0.25, -0.2) is 0 Å². The molecule has 0 heterocycles. The van der Waals surface area contributed by atoms with Crippen LogP contribution in [0, 0.1) is 6.92 Å². The molecule has 0 saturated heterocycles. The summed E-state index contributed by atoms with van der Waals surface area (Å²) >= 11 is 0. The molecule has 0 heteroatoms. The molecule has 16 heavy (non-hydrogen) atoms. The summed E-state index contributed by atoms with van der Waals surface area (Å²) in [4.78, 5) is 0. The predicted molar refractivity (Wildman–Crippen MR) is 70.9 cm³/mol. The third kappa shape index (κ3) is 3.37. The van der Waals surface area contributed by atoms with Crippen LogP contribution in [-0.4, -0.2) is 0 Å². The molecule has 1 aromatic carbocycles. The Balaban J connectivity index is 2.01. The molecule has 1 fully saturated rings. The number of hydrogen-bond donors (Lipinski definition) is 0. The molecule has 0 radical (unpaired) electrons. The van der Waals surface area contributed by atoms with Gasteiger partial charge in [-0.3, -0.25) is 0 Å². The van der Waals surface area contributed by atoms with Gasteiger partial charge in [-0.05, 0) is 31.2 Å². The molecule has 1 aliphatic carbocycles. The number of aryl methyl sites for hydroxylation is 1. The predicted octanol–water partition coefficient (Wildman–Crippen LogP) is 5.21. The molecule has 1 aliphatic rings. The van der Waals surface area contributed by atoms with E-state index in [1.807, 2.05) is 0 Å². The largest absolute Gasteiger partial charge is 0.0590 e. The Labute approximate surface area is 100 Å². The minimum absolute atomic E-state index is 0.832. The van der Waals surface area contributed by atoms with Crippen LogP contribution in [0.15, 0.2) is 24.3 Å². The van der Waals surface area contributed by atoms with E-state index in [0.29, 0.717) is 0 Å². The third-order valence-electron chi connectivity index (χ3n) is 3.90. The Morgan fingerprint density at radius 2 is 1.25 bits per heavy atom. The molecule has 0 atom stereocenters. The van der Waals surface area contributed by atoms with E-state index in [0.717, 1.165) is 5.92 Å². The monoisotopic (exact) mass is 216 g/mol. The van der Waals surface area contributed by atoms with Crippen molar-refractivity contribution in [2.75, 3.05) is 0 Å². The maximum Gasteiger partial charge on any atom is -0.0162 e. The van der Waals surface area contributed by atoms with Crippen molar-refractivity contribution >= 4 is 0 Å². The van der Waals surface area contributed by atoms with Crippen LogP contribution in [0.25, 0.3) is 0 Å². The SMILES string of the molecule is Cc1ccc(C2CCCCCCCC2)cc1. The molecule has 0 bridgehead atoms. The van der Waals surface area contributed by atoms with E-state index in [9.17, 15) is 0 Å². The summed E-state index contributed by atoms with van der Waals surface area (Å²) in [7, 11) is 0. The van der Waals surface area contributed by atoms with Crippen LogP contribution in [0.1, 0.15) is 68.4 Å². The number of hydrogen-bond acceptors (Lipinski definition) is 0. The van der Waals surface area contributed by atoms with Crippen molar-refractivity contribution in [2.24, 2.45) is 0 Å². The average molecular weight is 216 g/mol. The van der Waals surface area contributed by atoms with E-state index in [2.05, 4.69) is 31.2 Å². The van der Waals surface area contributed by atoms with Gasteiger partial charge in [0.2, 0.25) is 0 Å². The zero-order valence-corrected chi connectivity index (χ0v) is 10.5. The maximum atomic E-state index is 2.35. The topological polar surface area (TPSA) is 0 Å². The van der Waals surface area contributed by atoms with Crippen LogP contribution in [0.2, 0.25) is 0 Å². The fourth-order valence-electron chi connectivity index (χ4n) is 2.80. The molecule has 88 valence electrons. The van der Waals surface area contributed by atoms with Gasteiger partial charge in [-0.2, -0.15) is 0 Å². The summed E-state index contributed by atoms with van der Waals surface area (Å²) in [5.41, 5.74) is 2.96. The second-order valence-electron chi connectivity index (χ2n) is 5.31. The van der Waals surface area contributed by atoms with Crippen LogP contribution in [0.4, 0.5) is 0 Å². The van der Waals surface area contributed by atoms with Crippen LogP contribution < -0.4 is 0 Å². The first kappa shape index (κ1) is 11.7. The minimum atomic E-state index is 0.832. The van der Waals surface area contributed by atoms with Gasteiger partial charge in [0.1, 0.15) is 0 Å². The van der Waals surface area contributed by atoms with Crippen molar-refractivity contribution in [2.45, 2.75) is 64.2 Å². The van der Waals surface area contributed by atoms with Gasteiger partial charge < -0.3 is 0 Å². The highest BCUT2D eigenvalue weighted by molar-refractivity contribution is 5.24. The average Bonchev–Trinajstić information content (AvgIpc) is 2.43. The molecular formula is C16H24. The highest BCUT2D eigenvalue weighted by Crippen LogP contribution is 2.30. The number of rotatable bonds is 1. The second-order valence-corrected chi connectivity index (χ2v) is 5.31. The summed E-state index contributed by atoms with van der Waals surface area (Å²) < 4.78 is 0. The zero-order valence-electron chi connectivity index (χ0n) is 10.5. The molecule has 1 saturated carbocycles. The minimum Gasteiger partial charge on any atom is -0.0590 e. The zero-order chi connectivity index (χ0) is 11.2. The third-order valence-corrected chi connectivity index (χ3v) is 3.90. The summed E-state index contributed by atoms with van der Waals surface area (Å²) in [5, 5.41) is 0. The summed E-state index contributed by atoms with van der Waals surface area (Å²) in [6, 6.07) is 9.22. The molecule has 0 unspecified atom stereocenters. The van der Waals surface area contributed by atoms with Crippen molar-refractivity contribution in [1.29, 1.82) is 0 Å². The molecule has 1 aromatic rings. The first-order chi connectivity index (χ1) is 7.86. The van der Waals surface area contributed by atoms with Crippen molar-refractivity contribution < 1.29 is 0 Å². The smallest absolute Gasteiger partial charge is 0.0162 e. The van der Waals surface area contributed by atoms with E-state index in [1.165, 1.54) is 56.9 Å². The van der Waals surface area contributed by atoms with Crippen molar-refractivity contribution in [3.05, 3.63) is 35.4 Å². The van der Waals surface area contributed by atoms with Crippen molar-refractivity contribution in [3.8, 4) is 0 Å². The Morgan fingerprint density at radius 1 is 0.750 bits per heavy atom. The summed E-state index contributed by atoms with van der Waals surface area (Å²) in [6.45, 7) is 2.17. The molecule has 0 spiro atoms. The second kappa shape index (κ2) is 6.08. The first-order valence-electron chi connectivity index (χ1n) is 6.93. The van der Waals surface area contributed by atoms with Gasteiger partial charge in [0, 0.05) is 0 Å². The lowest BCUT2D eigenvalue weighted by molar-refractivity contribution is 0.539. The molecule has 0 nitrogen and oxygen atoms in total. The molecular weight excluding hydrogens is 192 g/mol. The Morgan fingerprint density at radius 3 is 1.81 bits per heavy atom. The van der Waals surface area contributed by atoms with E-state index >= 15 is 0 Å². The molecule has 0 aliphatic heterocycles. The fraction of sp³-hybridized carbons (Fsp3) is 0.625. The van der Waals surface area contributed by atoms with Crippen LogP contribution >= 0.6 is 0 Å². The van der Waals surface area contributed by atoms with Gasteiger partial charge in [-0.1, -0.05) is 68.4 Å². The first-order valence-corrected chi connectivity index (χ1v) is 6.93. The van der Waals surface area contributed by atoms with Crippen LogP contribution in [-0.2, 0) is 0 Å². The molecule has 0 amide bonds. The lowest BCUT2D eigenvalue weighted by Crippen LogP contribution is -1.98. The van der Waals surface area contributed by atoms with Gasteiger partial charge >= 0.3 is 0 Å². The maximum absolute atomic E-state index is 2.35. The Hall–Kier alpha value is -0.780. The van der Waals surface area contributed by atoms with E-state index in [4.69, 9.17) is 0 Å². The van der Waals surface area contributed by atoms with Gasteiger partial charge in [0.15, 0.2) is 0 Å². The van der Waals surface area contributed by atoms with E-state index in [-0.39, 0.29) is 0 Å². The standard InChI is InChI=1S/C16H24/c1-14-10-12-16(13-11-14)15-8-6-4-2-3-5-7-9-15/h10-13,15H,2-9H2,1H3. The van der Waals surface area contributed by atoms with Gasteiger partial charge in [-0.15, -0.1) is 0 Å². The normalized spacial score (nSPS) is 19.8. The molecule has 2 rings (SSSR count). The van der Waals surface area contributed by atoms with Gasteiger partial charge in [0.05, 0.1) is 0 Å². The highest BCUT2D eigenvalue weighted by Gasteiger charge is 2.12. The fourth-order valence-corrected chi connectivity index (χ4v) is 2.80. The summed E-state index contributed by atoms with van der Waals surface area (Å²) in [5.74, 6) is 0.832. The lowest BCUT2D eigenvalue weighted by atomic mass is 9.89. The van der Waals surface area contributed by atoms with Crippen LogP contribution in [0.5, 0.6) is 0 Å². The van der Waals surface area contributed by atoms with E-state index in [1.54, 1.807) is 5.56 Å². The van der Waals surface area contributed by atoms with Gasteiger partial charge in [0.25, 0.3) is 0 Å². The highest BCUT2D eigenvalue weighted by atomic mass is 14.2. The van der Waals surface area contributed by atoms with E-state index < -0.39 is 0 Å². The molecule has 0 N–H and O–H groups in total. The Kier molecular flexibility index (Phi) is 4.44. The Bertz CT molecular complexity index is 286. The lowest BCUT2D eigenvalue weighted by Gasteiger charge is -2.16. The summed E-state index contributed by atoms with van der Waals surface area (Å²) in [6.07, 6.45) is 11.5. The number of benzene rings is 1. The quantitative estimate of drug-likeness (QED) is 0.604. The van der Waals surface area contributed by atoms with Crippen molar-refractivity contribution in [1.82, 2.24) is 0 Å². The van der Waals surface area contributed by atoms with Crippen molar-refractivity contribution in [3.63, 3.8) is 0 Å².